The molecule has 15 heteroatoms. The molecule has 1 unspecified atom stereocenters. The molecule has 2 aromatic carbocycles. The number of fused-ring (bicyclic) bond motifs is 3. The van der Waals surface area contributed by atoms with E-state index >= 15 is 0 Å². The van der Waals surface area contributed by atoms with Gasteiger partial charge in [0.05, 0.1) is 25.7 Å². The average molecular weight is 653 g/mol. The second-order valence-electron chi connectivity index (χ2n) is 8.05. The monoisotopic (exact) mass is 651 g/mol. The molecule has 38 heavy (non-hydrogen) atoms. The third kappa shape index (κ3) is 4.39. The van der Waals surface area contributed by atoms with Crippen LogP contribution in [0.1, 0.15) is 30.4 Å². The Labute approximate surface area is 230 Å². The number of amides is 2. The Hall–Kier alpha value is -2.59. The first-order valence-corrected chi connectivity index (χ1v) is 15.9. The summed E-state index contributed by atoms with van der Waals surface area (Å²) in [6, 6.07) is 9.94. The minimum Gasteiger partial charge on any atom is -0.479 e. The van der Waals surface area contributed by atoms with Crippen molar-refractivity contribution in [2.45, 2.75) is 26.6 Å². The summed E-state index contributed by atoms with van der Waals surface area (Å²) in [6.07, 6.45) is -0.904. The molecule has 4 rings (SSSR count). The zero-order valence-corrected chi connectivity index (χ0v) is 24.0. The first-order chi connectivity index (χ1) is 17.8. The Balaban J connectivity index is 2.10. The van der Waals surface area contributed by atoms with Gasteiger partial charge in [-0.3, -0.25) is 0 Å². The molecule has 0 radical (unpaired) electrons. The summed E-state index contributed by atoms with van der Waals surface area (Å²) >= 11 is 4.68. The summed E-state index contributed by atoms with van der Waals surface area (Å²) in [4.78, 5) is 13.5. The van der Waals surface area contributed by atoms with Crippen LogP contribution in [0.25, 0.3) is 11.1 Å². The summed E-state index contributed by atoms with van der Waals surface area (Å²) in [6.45, 7) is -0.735. The maximum Gasteiger partial charge on any atom is 0.450 e. The molecule has 0 aliphatic carbocycles. The van der Waals surface area contributed by atoms with E-state index in [0.29, 0.717) is 10.4 Å². The van der Waals surface area contributed by atoms with E-state index in [0.717, 1.165) is 9.85 Å². The SMILES string of the molecule is CCS(=O)(=O)[N+](C(N)=O)(c1ccc2c(c1)C(c1ccc(Br)s1)Oc1cccc(OC(F)F)c1-2)S(=O)(=O)CC. The van der Waals surface area contributed by atoms with Crippen LogP contribution in [0.5, 0.6) is 11.5 Å². The van der Waals surface area contributed by atoms with Crippen LogP contribution in [0.3, 0.4) is 0 Å². The summed E-state index contributed by atoms with van der Waals surface area (Å²) < 4.78 is 89.2. The number of primary amides is 1. The number of carbonyl (C=O) groups is 1. The lowest BCUT2D eigenvalue weighted by molar-refractivity contribution is -0.0496. The van der Waals surface area contributed by atoms with Crippen molar-refractivity contribution in [3.63, 3.8) is 0 Å². The largest absolute Gasteiger partial charge is 0.479 e. The van der Waals surface area contributed by atoms with E-state index in [4.69, 9.17) is 15.2 Å². The molecule has 1 aliphatic heterocycles. The lowest BCUT2D eigenvalue weighted by atomic mass is 9.91. The Morgan fingerprint density at radius 1 is 1.11 bits per heavy atom. The van der Waals surface area contributed by atoms with E-state index in [1.165, 1.54) is 49.4 Å². The second kappa shape index (κ2) is 10.2. The average Bonchev–Trinajstić information content (AvgIpc) is 3.28. The molecule has 0 bridgehead atoms. The van der Waals surface area contributed by atoms with Crippen molar-refractivity contribution in [2.24, 2.45) is 5.73 Å². The fourth-order valence-electron chi connectivity index (χ4n) is 4.38. The quantitative estimate of drug-likeness (QED) is 0.325. The van der Waals surface area contributed by atoms with E-state index in [1.54, 1.807) is 18.2 Å². The standard InChI is InChI=1S/C23H21BrF2N2O7S3/c1-3-37(30,31)28(23(27)29,38(32,33)4-2)13-8-9-14-15(12-13)21(18-10-11-19(24)36-18)34-16-6-5-7-17(20(14)16)35-22(25)26/h5-12,21-22H,3-4H2,1-2H3,(H-,27,29)/p+1. The van der Waals surface area contributed by atoms with E-state index in [-0.39, 0.29) is 22.6 Å². The summed E-state index contributed by atoms with van der Waals surface area (Å²) in [5.74, 6) is -1.40. The van der Waals surface area contributed by atoms with Gasteiger partial charge >= 0.3 is 32.7 Å². The minimum atomic E-state index is -4.73. The van der Waals surface area contributed by atoms with Crippen molar-refractivity contribution in [3.05, 3.63) is 62.8 Å². The van der Waals surface area contributed by atoms with E-state index in [1.807, 2.05) is 0 Å². The number of hydrogen-bond acceptors (Lipinski definition) is 8. The summed E-state index contributed by atoms with van der Waals surface area (Å²) in [5, 5.41) is 0. The number of sulfonamides is 2. The highest BCUT2D eigenvalue weighted by atomic mass is 79.9. The fourth-order valence-corrected chi connectivity index (χ4v) is 10.0. The molecule has 2 amide bonds. The highest BCUT2D eigenvalue weighted by Gasteiger charge is 2.60. The number of alkyl halides is 2. The molecule has 0 saturated heterocycles. The molecule has 1 aliphatic rings. The van der Waals surface area contributed by atoms with Crippen LogP contribution in [0, 0.1) is 0 Å². The molecule has 0 saturated carbocycles. The van der Waals surface area contributed by atoms with Crippen LogP contribution < -0.4 is 18.5 Å². The molecule has 3 aromatic rings. The van der Waals surface area contributed by atoms with Gasteiger partial charge in [-0.25, -0.2) is 4.79 Å². The Morgan fingerprint density at radius 2 is 1.76 bits per heavy atom. The number of halogens is 3. The Kier molecular flexibility index (Phi) is 7.62. The van der Waals surface area contributed by atoms with Crippen molar-refractivity contribution < 1.29 is 39.9 Å². The number of urea groups is 1. The maximum atomic E-state index is 13.3. The second-order valence-corrected chi connectivity index (χ2v) is 15.4. The third-order valence-corrected chi connectivity index (χ3v) is 12.9. The molecule has 2 heterocycles. The molecule has 2 N–H and O–H groups in total. The predicted octanol–water partition coefficient (Wildman–Crippen LogP) is 5.35. The lowest BCUT2D eigenvalue weighted by Gasteiger charge is -2.33. The van der Waals surface area contributed by atoms with Crippen LogP contribution >= 0.6 is 27.3 Å². The van der Waals surface area contributed by atoms with Gasteiger partial charge in [-0.1, -0.05) is 6.07 Å². The number of benzene rings is 2. The van der Waals surface area contributed by atoms with Gasteiger partial charge in [-0.05, 0) is 69.0 Å². The number of nitrogens with two attached hydrogens (primary N) is 1. The van der Waals surface area contributed by atoms with Crippen molar-refractivity contribution in [3.8, 4) is 22.6 Å². The molecule has 0 fully saturated rings. The molecule has 1 atom stereocenters. The highest BCUT2D eigenvalue weighted by molar-refractivity contribution is 9.11. The van der Waals surface area contributed by atoms with Crippen LogP contribution in [-0.4, -0.2) is 41.0 Å². The van der Waals surface area contributed by atoms with E-state index < -0.39 is 59.3 Å². The van der Waals surface area contributed by atoms with E-state index in [9.17, 15) is 30.4 Å². The number of nitrogens with zero attached hydrogens (tertiary/aromatic N) is 1. The smallest absolute Gasteiger partial charge is 0.450 e. The topological polar surface area (TPSA) is 130 Å². The predicted molar refractivity (Wildman–Crippen MR) is 143 cm³/mol. The highest BCUT2D eigenvalue weighted by Crippen LogP contribution is 2.52. The van der Waals surface area contributed by atoms with Crippen LogP contribution in [0.4, 0.5) is 19.3 Å². The van der Waals surface area contributed by atoms with Gasteiger partial charge in [0, 0.05) is 17.7 Å². The van der Waals surface area contributed by atoms with E-state index in [2.05, 4.69) is 15.9 Å². The lowest BCUT2D eigenvalue weighted by Crippen LogP contribution is -2.65. The van der Waals surface area contributed by atoms with Gasteiger partial charge < -0.3 is 15.2 Å². The van der Waals surface area contributed by atoms with Crippen molar-refractivity contribution >= 4 is 59.0 Å². The summed E-state index contributed by atoms with van der Waals surface area (Å²) in [7, 11) is -9.46. The molecule has 9 nitrogen and oxygen atoms in total. The Morgan fingerprint density at radius 3 is 2.29 bits per heavy atom. The van der Waals surface area contributed by atoms with Crippen molar-refractivity contribution in [2.75, 3.05) is 11.5 Å². The van der Waals surface area contributed by atoms with Gasteiger partial charge in [0.1, 0.15) is 11.5 Å². The number of ether oxygens (including phenoxy) is 2. The molecular formula is C23H22BrF2N2O7S3+. The van der Waals surface area contributed by atoms with Gasteiger partial charge in [0.15, 0.2) is 11.8 Å². The number of carbonyl (C=O) groups excluding carboxylic acids is 1. The van der Waals surface area contributed by atoms with Crippen molar-refractivity contribution in [1.29, 1.82) is 0 Å². The van der Waals surface area contributed by atoms with Crippen molar-refractivity contribution in [1.82, 2.24) is 3.29 Å². The zero-order valence-electron chi connectivity index (χ0n) is 19.9. The zero-order chi connectivity index (χ0) is 28.0. The molecule has 0 spiro atoms. The number of quaternary nitrogens is 1. The van der Waals surface area contributed by atoms with Gasteiger partial charge in [0.25, 0.3) is 0 Å². The molecule has 204 valence electrons. The number of thiophene rings is 1. The first-order valence-electron chi connectivity index (χ1n) is 11.1. The molecular weight excluding hydrogens is 630 g/mol. The van der Waals surface area contributed by atoms with Gasteiger partial charge in [-0.2, -0.15) is 25.6 Å². The maximum absolute atomic E-state index is 13.3. The summed E-state index contributed by atoms with van der Waals surface area (Å²) in [5.41, 5.74) is 5.82. The first kappa shape index (κ1) is 28.4. The van der Waals surface area contributed by atoms with Gasteiger partial charge in [-0.15, -0.1) is 11.3 Å². The minimum absolute atomic E-state index is 0.162. The normalized spacial score (nSPS) is 15.5. The number of hydrogen-bond donors (Lipinski definition) is 1. The number of rotatable bonds is 8. The van der Waals surface area contributed by atoms with Crippen LogP contribution in [0.15, 0.2) is 52.3 Å². The van der Waals surface area contributed by atoms with Gasteiger partial charge in [0.2, 0.25) is 0 Å². The van der Waals surface area contributed by atoms with Crippen LogP contribution in [-0.2, 0) is 20.0 Å². The van der Waals surface area contributed by atoms with Crippen LogP contribution in [0.2, 0.25) is 0 Å². The Bertz CT molecular complexity index is 1590. The fraction of sp³-hybridized carbons (Fsp3) is 0.261. The molecule has 1 aromatic heterocycles. The third-order valence-electron chi connectivity index (χ3n) is 6.03.